The normalized spacial score (nSPS) is 12.7. The van der Waals surface area contributed by atoms with Crippen LogP contribution in [-0.4, -0.2) is 25.3 Å². The van der Waals surface area contributed by atoms with Crippen LogP contribution in [0.2, 0.25) is 0 Å². The molecule has 0 saturated heterocycles. The van der Waals surface area contributed by atoms with Crippen molar-refractivity contribution in [3.05, 3.63) is 28.2 Å². The number of methoxy groups -OCH3 is 1. The number of ether oxygens (including phenoxy) is 2. The monoisotopic (exact) mass is 344 g/mol. The maximum absolute atomic E-state index is 11.8. The zero-order valence-corrected chi connectivity index (χ0v) is 13.8. The fraction of sp³-hybridized carbons (Fsp3) is 0.500. The van der Waals surface area contributed by atoms with Gasteiger partial charge in [0, 0.05) is 12.1 Å². The predicted molar refractivity (Wildman–Crippen MR) is 81.9 cm³/mol. The Hall–Kier alpha value is -1.27. The number of rotatable bonds is 4. The van der Waals surface area contributed by atoms with Crippen LogP contribution in [0.5, 0.6) is 5.75 Å². The van der Waals surface area contributed by atoms with Gasteiger partial charge in [-0.25, -0.2) is 4.79 Å². The summed E-state index contributed by atoms with van der Waals surface area (Å²) in [5, 5.41) is 2.75. The molecule has 1 atom stereocenters. The van der Waals surface area contributed by atoms with Crippen LogP contribution in [0.1, 0.15) is 32.4 Å². The number of alkyl carbamates (subject to hydrolysis) is 1. The maximum atomic E-state index is 11.8. The van der Waals surface area contributed by atoms with Crippen molar-refractivity contribution in [2.45, 2.75) is 32.4 Å². The van der Waals surface area contributed by atoms with Gasteiger partial charge in [-0.3, -0.25) is 0 Å². The molecule has 6 heteroatoms. The Labute approximate surface area is 127 Å². The molecular weight excluding hydrogens is 324 g/mol. The fourth-order valence-corrected chi connectivity index (χ4v) is 2.27. The number of nitrogens with two attached hydrogens (primary N) is 1. The molecule has 0 saturated carbocycles. The lowest BCUT2D eigenvalue weighted by atomic mass is 10.1. The van der Waals surface area contributed by atoms with Crippen molar-refractivity contribution in [2.24, 2.45) is 5.73 Å². The van der Waals surface area contributed by atoms with E-state index in [0.717, 1.165) is 10.0 Å². The number of nitrogens with one attached hydrogen (secondary N) is 1. The number of carbonyl (C=O) groups is 1. The highest BCUT2D eigenvalue weighted by molar-refractivity contribution is 9.10. The van der Waals surface area contributed by atoms with Crippen LogP contribution < -0.4 is 15.8 Å². The van der Waals surface area contributed by atoms with E-state index in [2.05, 4.69) is 21.2 Å². The average Bonchev–Trinajstić information content (AvgIpc) is 2.33. The van der Waals surface area contributed by atoms with Crippen molar-refractivity contribution in [1.29, 1.82) is 0 Å². The topological polar surface area (TPSA) is 73.6 Å². The number of hydrogen-bond donors (Lipinski definition) is 2. The Kier molecular flexibility index (Phi) is 5.83. The van der Waals surface area contributed by atoms with Crippen molar-refractivity contribution in [1.82, 2.24) is 5.32 Å². The van der Waals surface area contributed by atoms with E-state index < -0.39 is 11.7 Å². The highest BCUT2D eigenvalue weighted by atomic mass is 79.9. The summed E-state index contributed by atoms with van der Waals surface area (Å²) in [6, 6.07) is 5.21. The Morgan fingerprint density at radius 2 is 2.10 bits per heavy atom. The highest BCUT2D eigenvalue weighted by Crippen LogP contribution is 2.32. The number of benzene rings is 1. The van der Waals surface area contributed by atoms with E-state index in [-0.39, 0.29) is 12.6 Å². The lowest BCUT2D eigenvalue weighted by Crippen LogP contribution is -2.37. The zero-order valence-electron chi connectivity index (χ0n) is 12.2. The van der Waals surface area contributed by atoms with E-state index in [1.807, 2.05) is 39.0 Å². The molecule has 1 rings (SSSR count). The number of halogens is 1. The van der Waals surface area contributed by atoms with Gasteiger partial charge in [-0.15, -0.1) is 0 Å². The molecule has 0 heterocycles. The molecule has 0 aromatic heterocycles. The van der Waals surface area contributed by atoms with Crippen LogP contribution in [0.15, 0.2) is 22.7 Å². The van der Waals surface area contributed by atoms with E-state index in [1.165, 1.54) is 0 Å². The van der Waals surface area contributed by atoms with Crippen LogP contribution in [0, 0.1) is 0 Å². The minimum Gasteiger partial charge on any atom is -0.495 e. The first-order valence-electron chi connectivity index (χ1n) is 6.30. The van der Waals surface area contributed by atoms with Gasteiger partial charge in [-0.05, 0) is 42.8 Å². The van der Waals surface area contributed by atoms with Crippen molar-refractivity contribution < 1.29 is 14.3 Å². The molecule has 0 aliphatic heterocycles. The van der Waals surface area contributed by atoms with Gasteiger partial charge in [0.05, 0.1) is 17.6 Å². The van der Waals surface area contributed by atoms with E-state index >= 15 is 0 Å². The third-order valence-corrected chi connectivity index (χ3v) is 3.13. The Morgan fingerprint density at radius 3 is 2.60 bits per heavy atom. The van der Waals surface area contributed by atoms with Crippen LogP contribution in [0.25, 0.3) is 0 Å². The molecule has 0 fully saturated rings. The summed E-state index contributed by atoms with van der Waals surface area (Å²) in [5.74, 6) is 0.652. The van der Waals surface area contributed by atoms with Gasteiger partial charge >= 0.3 is 6.09 Å². The van der Waals surface area contributed by atoms with Crippen LogP contribution in [-0.2, 0) is 4.74 Å². The molecule has 1 amide bonds. The smallest absolute Gasteiger partial charge is 0.408 e. The van der Waals surface area contributed by atoms with Gasteiger partial charge in [0.15, 0.2) is 0 Å². The molecular formula is C14H21BrN2O3. The molecule has 1 aromatic rings. The summed E-state index contributed by atoms with van der Waals surface area (Å²) < 4.78 is 11.4. The van der Waals surface area contributed by atoms with E-state index in [1.54, 1.807) is 7.11 Å². The molecule has 0 spiro atoms. The van der Waals surface area contributed by atoms with Crippen molar-refractivity contribution in [2.75, 3.05) is 13.7 Å². The summed E-state index contributed by atoms with van der Waals surface area (Å²) in [5.41, 5.74) is 6.00. The van der Waals surface area contributed by atoms with Crippen molar-refractivity contribution in [3.63, 3.8) is 0 Å². The first-order valence-corrected chi connectivity index (χ1v) is 7.09. The quantitative estimate of drug-likeness (QED) is 0.880. The predicted octanol–water partition coefficient (Wildman–Crippen LogP) is 2.98. The second-order valence-corrected chi connectivity index (χ2v) is 6.15. The summed E-state index contributed by atoms with van der Waals surface area (Å²) in [6.45, 7) is 5.67. The third kappa shape index (κ3) is 4.68. The molecule has 0 aliphatic rings. The van der Waals surface area contributed by atoms with Crippen molar-refractivity contribution >= 4 is 22.0 Å². The standard InChI is InChI=1S/C14H21BrN2O3/c1-14(2,3)20-13(18)17-11(8-16)9-6-5-7-10(15)12(9)19-4/h5-7,11H,8,16H2,1-4H3,(H,17,18). The van der Waals surface area contributed by atoms with Crippen LogP contribution in [0.4, 0.5) is 4.79 Å². The van der Waals surface area contributed by atoms with E-state index in [4.69, 9.17) is 15.2 Å². The second kappa shape index (κ2) is 6.95. The summed E-state index contributed by atoms with van der Waals surface area (Å²) >= 11 is 3.41. The zero-order chi connectivity index (χ0) is 15.3. The summed E-state index contributed by atoms with van der Waals surface area (Å²) in [4.78, 5) is 11.8. The molecule has 20 heavy (non-hydrogen) atoms. The highest BCUT2D eigenvalue weighted by Gasteiger charge is 2.22. The lowest BCUT2D eigenvalue weighted by molar-refractivity contribution is 0.0505. The van der Waals surface area contributed by atoms with Crippen LogP contribution in [0.3, 0.4) is 0 Å². The Balaban J connectivity index is 2.92. The van der Waals surface area contributed by atoms with Gasteiger partial charge in [0.2, 0.25) is 0 Å². The van der Waals surface area contributed by atoms with Crippen LogP contribution >= 0.6 is 15.9 Å². The van der Waals surface area contributed by atoms with Gasteiger partial charge < -0.3 is 20.5 Å². The van der Waals surface area contributed by atoms with Crippen molar-refractivity contribution in [3.8, 4) is 5.75 Å². The first-order chi connectivity index (χ1) is 9.28. The second-order valence-electron chi connectivity index (χ2n) is 5.30. The lowest BCUT2D eigenvalue weighted by Gasteiger charge is -2.24. The first kappa shape index (κ1) is 16.8. The molecule has 0 radical (unpaired) electrons. The fourth-order valence-electron chi connectivity index (χ4n) is 1.73. The molecule has 1 unspecified atom stereocenters. The number of hydrogen-bond acceptors (Lipinski definition) is 4. The molecule has 0 bridgehead atoms. The molecule has 3 N–H and O–H groups in total. The molecule has 112 valence electrons. The molecule has 1 aromatic carbocycles. The summed E-state index contributed by atoms with van der Waals surface area (Å²) in [6.07, 6.45) is -0.505. The minimum atomic E-state index is -0.551. The average molecular weight is 345 g/mol. The molecule has 0 aliphatic carbocycles. The van der Waals surface area contributed by atoms with E-state index in [9.17, 15) is 4.79 Å². The number of para-hydroxylation sites is 1. The van der Waals surface area contributed by atoms with Gasteiger partial charge in [0.1, 0.15) is 11.4 Å². The third-order valence-electron chi connectivity index (χ3n) is 2.50. The number of amides is 1. The van der Waals surface area contributed by atoms with Gasteiger partial charge in [0.25, 0.3) is 0 Å². The SMILES string of the molecule is COc1c(Br)cccc1C(CN)NC(=O)OC(C)(C)C. The van der Waals surface area contributed by atoms with Gasteiger partial charge in [-0.2, -0.15) is 0 Å². The van der Waals surface area contributed by atoms with Gasteiger partial charge in [-0.1, -0.05) is 12.1 Å². The maximum Gasteiger partial charge on any atom is 0.408 e. The molecule has 5 nitrogen and oxygen atoms in total. The largest absolute Gasteiger partial charge is 0.495 e. The minimum absolute atomic E-state index is 0.242. The Bertz CT molecular complexity index is 472. The van der Waals surface area contributed by atoms with E-state index in [0.29, 0.717) is 5.75 Å². The summed E-state index contributed by atoms with van der Waals surface area (Å²) in [7, 11) is 1.57. The number of carbonyl (C=O) groups excluding carboxylic acids is 1. The Morgan fingerprint density at radius 1 is 1.45 bits per heavy atom.